The van der Waals surface area contributed by atoms with Crippen molar-refractivity contribution in [1.29, 1.82) is 0 Å². The summed E-state index contributed by atoms with van der Waals surface area (Å²) in [5.41, 5.74) is 1.97. The maximum absolute atomic E-state index is 11.7. The van der Waals surface area contributed by atoms with Crippen LogP contribution in [0.5, 0.6) is 0 Å². The molecule has 2 aromatic heterocycles. The van der Waals surface area contributed by atoms with Crippen LogP contribution in [0.3, 0.4) is 0 Å². The molecule has 0 saturated carbocycles. The Hall–Kier alpha value is -1.70. The summed E-state index contributed by atoms with van der Waals surface area (Å²) in [4.78, 5) is 23.4. The SMILES string of the molecule is COC(CNC(=O)C(=O)NCc1ccsc1)c1ccsc1. The maximum atomic E-state index is 11.7. The first-order valence-corrected chi connectivity index (χ1v) is 8.21. The molecule has 0 bridgehead atoms. The lowest BCUT2D eigenvalue weighted by molar-refractivity contribution is -0.139. The molecule has 0 aliphatic rings. The molecule has 0 spiro atoms. The molecule has 0 aliphatic heterocycles. The minimum absolute atomic E-state index is 0.245. The average Bonchev–Trinajstić information content (AvgIpc) is 3.18. The average molecular weight is 324 g/mol. The van der Waals surface area contributed by atoms with E-state index >= 15 is 0 Å². The number of amides is 2. The van der Waals surface area contributed by atoms with Gasteiger partial charge in [-0.2, -0.15) is 22.7 Å². The topological polar surface area (TPSA) is 67.4 Å². The smallest absolute Gasteiger partial charge is 0.309 e. The van der Waals surface area contributed by atoms with Crippen LogP contribution < -0.4 is 10.6 Å². The van der Waals surface area contributed by atoms with Gasteiger partial charge in [-0.25, -0.2) is 0 Å². The minimum Gasteiger partial charge on any atom is -0.375 e. The molecule has 0 radical (unpaired) electrons. The number of hydrogen-bond acceptors (Lipinski definition) is 5. The third-order valence-corrected chi connectivity index (χ3v) is 4.32. The van der Waals surface area contributed by atoms with Crippen molar-refractivity contribution in [1.82, 2.24) is 10.6 Å². The Balaban J connectivity index is 1.76. The van der Waals surface area contributed by atoms with Gasteiger partial charge in [0.05, 0.1) is 0 Å². The molecule has 112 valence electrons. The highest BCUT2D eigenvalue weighted by molar-refractivity contribution is 7.08. The summed E-state index contributed by atoms with van der Waals surface area (Å²) in [5, 5.41) is 12.9. The quantitative estimate of drug-likeness (QED) is 0.798. The van der Waals surface area contributed by atoms with Gasteiger partial charge in [-0.05, 0) is 44.8 Å². The van der Waals surface area contributed by atoms with Crippen LogP contribution in [0.4, 0.5) is 0 Å². The Kier molecular flexibility index (Phi) is 5.91. The fraction of sp³-hybridized carbons (Fsp3) is 0.286. The van der Waals surface area contributed by atoms with E-state index in [1.54, 1.807) is 29.8 Å². The van der Waals surface area contributed by atoms with Crippen LogP contribution in [0.25, 0.3) is 0 Å². The van der Waals surface area contributed by atoms with Gasteiger partial charge >= 0.3 is 11.8 Å². The molecular formula is C14H16N2O3S2. The van der Waals surface area contributed by atoms with Crippen molar-refractivity contribution < 1.29 is 14.3 Å². The standard InChI is InChI=1S/C14H16N2O3S2/c1-19-12(11-3-5-21-9-11)7-16-14(18)13(17)15-6-10-2-4-20-8-10/h2-5,8-9,12H,6-7H2,1H3,(H,15,17)(H,16,18). The summed E-state index contributed by atoms with van der Waals surface area (Å²) in [6.07, 6.45) is -0.245. The number of hydrogen-bond donors (Lipinski definition) is 2. The van der Waals surface area contributed by atoms with E-state index in [0.717, 1.165) is 11.1 Å². The Morgan fingerprint density at radius 3 is 2.48 bits per heavy atom. The Morgan fingerprint density at radius 2 is 1.86 bits per heavy atom. The molecule has 2 rings (SSSR count). The second-order valence-corrected chi connectivity index (χ2v) is 5.87. The van der Waals surface area contributed by atoms with Gasteiger partial charge in [0.15, 0.2) is 0 Å². The van der Waals surface area contributed by atoms with Gasteiger partial charge in [0.1, 0.15) is 6.10 Å². The van der Waals surface area contributed by atoms with E-state index in [4.69, 9.17) is 4.74 Å². The molecule has 7 heteroatoms. The molecule has 2 aromatic rings. The zero-order valence-corrected chi connectivity index (χ0v) is 13.1. The summed E-state index contributed by atoms with van der Waals surface area (Å²) >= 11 is 3.11. The summed E-state index contributed by atoms with van der Waals surface area (Å²) in [6.45, 7) is 0.617. The summed E-state index contributed by atoms with van der Waals surface area (Å²) in [6, 6.07) is 3.84. The van der Waals surface area contributed by atoms with Crippen molar-refractivity contribution in [3.05, 3.63) is 44.8 Å². The number of thiophene rings is 2. The third-order valence-electron chi connectivity index (χ3n) is 2.89. The number of nitrogens with one attached hydrogen (secondary N) is 2. The van der Waals surface area contributed by atoms with Gasteiger partial charge in [-0.15, -0.1) is 0 Å². The Bertz CT molecular complexity index is 567. The van der Waals surface area contributed by atoms with Crippen LogP contribution in [0, 0.1) is 0 Å². The Labute approximate surface area is 130 Å². The van der Waals surface area contributed by atoms with E-state index < -0.39 is 11.8 Å². The molecule has 0 fully saturated rings. The van der Waals surface area contributed by atoms with E-state index in [-0.39, 0.29) is 12.6 Å². The number of carbonyl (C=O) groups is 2. The Morgan fingerprint density at radius 1 is 1.14 bits per heavy atom. The normalized spacial score (nSPS) is 11.9. The van der Waals surface area contributed by atoms with Crippen LogP contribution in [-0.4, -0.2) is 25.5 Å². The number of ether oxygens (including phenoxy) is 1. The zero-order chi connectivity index (χ0) is 15.1. The number of rotatable bonds is 6. The van der Waals surface area contributed by atoms with Crippen LogP contribution in [0.1, 0.15) is 17.2 Å². The van der Waals surface area contributed by atoms with E-state index in [9.17, 15) is 9.59 Å². The lowest BCUT2D eigenvalue weighted by Gasteiger charge is -2.14. The first kappa shape index (κ1) is 15.7. The number of methoxy groups -OCH3 is 1. The van der Waals surface area contributed by atoms with Gasteiger partial charge in [0.2, 0.25) is 0 Å². The van der Waals surface area contributed by atoms with Crippen LogP contribution >= 0.6 is 22.7 Å². The van der Waals surface area contributed by atoms with E-state index in [1.165, 1.54) is 0 Å². The van der Waals surface area contributed by atoms with Crippen molar-refractivity contribution in [2.45, 2.75) is 12.6 Å². The molecule has 5 nitrogen and oxygen atoms in total. The highest BCUT2D eigenvalue weighted by Gasteiger charge is 2.17. The van der Waals surface area contributed by atoms with Crippen LogP contribution in [0.15, 0.2) is 33.7 Å². The van der Waals surface area contributed by atoms with Crippen LogP contribution in [-0.2, 0) is 20.9 Å². The first-order chi connectivity index (χ1) is 10.2. The highest BCUT2D eigenvalue weighted by atomic mass is 32.1. The molecule has 2 heterocycles. The highest BCUT2D eigenvalue weighted by Crippen LogP contribution is 2.18. The van der Waals surface area contributed by atoms with Gasteiger partial charge < -0.3 is 15.4 Å². The summed E-state index contributed by atoms with van der Waals surface area (Å²) < 4.78 is 5.31. The largest absolute Gasteiger partial charge is 0.375 e. The lowest BCUT2D eigenvalue weighted by atomic mass is 10.2. The molecule has 2 N–H and O–H groups in total. The summed E-state index contributed by atoms with van der Waals surface area (Å²) in [7, 11) is 1.57. The predicted molar refractivity (Wildman–Crippen MR) is 83.2 cm³/mol. The molecule has 0 saturated heterocycles. The van der Waals surface area contributed by atoms with E-state index in [0.29, 0.717) is 6.54 Å². The van der Waals surface area contributed by atoms with Crippen molar-refractivity contribution in [3.63, 3.8) is 0 Å². The second kappa shape index (κ2) is 7.92. The molecule has 0 aromatic carbocycles. The second-order valence-electron chi connectivity index (χ2n) is 4.31. The van der Waals surface area contributed by atoms with E-state index in [2.05, 4.69) is 10.6 Å². The van der Waals surface area contributed by atoms with Gasteiger partial charge in [0.25, 0.3) is 0 Å². The van der Waals surface area contributed by atoms with Crippen molar-refractivity contribution in [2.24, 2.45) is 0 Å². The van der Waals surface area contributed by atoms with Gasteiger partial charge in [0, 0.05) is 20.2 Å². The van der Waals surface area contributed by atoms with Crippen molar-refractivity contribution >= 4 is 34.5 Å². The predicted octanol–water partition coefficient (Wildman–Crippen LogP) is 1.93. The molecular weight excluding hydrogens is 308 g/mol. The van der Waals surface area contributed by atoms with E-state index in [1.807, 2.05) is 33.7 Å². The minimum atomic E-state index is -0.650. The monoisotopic (exact) mass is 324 g/mol. The fourth-order valence-corrected chi connectivity index (χ4v) is 3.09. The molecule has 1 unspecified atom stereocenters. The van der Waals surface area contributed by atoms with Crippen molar-refractivity contribution in [2.75, 3.05) is 13.7 Å². The van der Waals surface area contributed by atoms with Gasteiger partial charge in [-0.3, -0.25) is 9.59 Å². The van der Waals surface area contributed by atoms with Crippen molar-refractivity contribution in [3.8, 4) is 0 Å². The fourth-order valence-electron chi connectivity index (χ4n) is 1.72. The van der Waals surface area contributed by atoms with Crippen LogP contribution in [0.2, 0.25) is 0 Å². The maximum Gasteiger partial charge on any atom is 0.309 e. The molecule has 2 amide bonds. The third kappa shape index (κ3) is 4.66. The van der Waals surface area contributed by atoms with Gasteiger partial charge in [-0.1, -0.05) is 0 Å². The number of carbonyl (C=O) groups excluding carboxylic acids is 2. The molecule has 1 atom stereocenters. The first-order valence-electron chi connectivity index (χ1n) is 6.32. The zero-order valence-electron chi connectivity index (χ0n) is 11.5. The molecule has 0 aliphatic carbocycles. The summed E-state index contributed by atoms with van der Waals surface area (Å²) in [5.74, 6) is -1.29. The lowest BCUT2D eigenvalue weighted by Crippen LogP contribution is -2.41. The molecule has 21 heavy (non-hydrogen) atoms.